The van der Waals surface area contributed by atoms with Crippen LogP contribution in [0.4, 0.5) is 5.69 Å². The number of methoxy groups -OCH3 is 1. The Hall–Kier alpha value is -1.71. The summed E-state index contributed by atoms with van der Waals surface area (Å²) in [7, 11) is 1.57. The van der Waals surface area contributed by atoms with Crippen LogP contribution in [0, 0.1) is 0 Å². The number of amides is 1. The van der Waals surface area contributed by atoms with E-state index < -0.39 is 0 Å². The minimum atomic E-state index is 0.556. The molecule has 0 aliphatic heterocycles. The molecule has 4 nitrogen and oxygen atoms in total. The van der Waals surface area contributed by atoms with Crippen molar-refractivity contribution < 1.29 is 14.3 Å². The first-order chi connectivity index (χ1) is 6.81. The molecule has 0 saturated carbocycles. The van der Waals surface area contributed by atoms with Gasteiger partial charge in [0.25, 0.3) is 0 Å². The van der Waals surface area contributed by atoms with E-state index in [1.165, 1.54) is 0 Å². The lowest BCUT2D eigenvalue weighted by molar-refractivity contribution is -0.105. The van der Waals surface area contributed by atoms with Gasteiger partial charge in [0.1, 0.15) is 0 Å². The first-order valence-corrected chi connectivity index (χ1v) is 4.32. The fourth-order valence-electron chi connectivity index (χ4n) is 1.10. The van der Waals surface area contributed by atoms with Gasteiger partial charge in [-0.1, -0.05) is 0 Å². The molecule has 0 fully saturated rings. The Kier molecular flexibility index (Phi) is 3.79. The number of nitrogens with one attached hydrogen (secondary N) is 1. The van der Waals surface area contributed by atoms with Gasteiger partial charge in [-0.05, 0) is 19.1 Å². The number of benzene rings is 1. The Bertz CT molecular complexity index is 312. The number of ether oxygens (including phenoxy) is 2. The predicted octanol–water partition coefficient (Wildman–Crippen LogP) is 1.66. The van der Waals surface area contributed by atoms with Crippen LogP contribution in [-0.2, 0) is 4.79 Å². The molecule has 1 rings (SSSR count). The molecule has 1 aromatic rings. The van der Waals surface area contributed by atoms with Gasteiger partial charge in [-0.3, -0.25) is 4.79 Å². The van der Waals surface area contributed by atoms with Gasteiger partial charge in [0.2, 0.25) is 6.41 Å². The quantitative estimate of drug-likeness (QED) is 0.727. The molecule has 1 amide bonds. The average Bonchev–Trinajstić information content (AvgIpc) is 2.19. The Morgan fingerprint density at radius 2 is 2.21 bits per heavy atom. The molecule has 14 heavy (non-hydrogen) atoms. The van der Waals surface area contributed by atoms with E-state index in [9.17, 15) is 4.79 Å². The number of hydrogen-bond acceptors (Lipinski definition) is 3. The third-order valence-electron chi connectivity index (χ3n) is 1.69. The summed E-state index contributed by atoms with van der Waals surface area (Å²) < 4.78 is 10.4. The normalized spacial score (nSPS) is 9.29. The highest BCUT2D eigenvalue weighted by molar-refractivity contribution is 5.72. The van der Waals surface area contributed by atoms with Gasteiger partial charge in [-0.15, -0.1) is 0 Å². The second-order valence-electron chi connectivity index (χ2n) is 2.56. The molecule has 1 aromatic carbocycles. The summed E-state index contributed by atoms with van der Waals surface area (Å²) in [5.74, 6) is 1.28. The van der Waals surface area contributed by atoms with Crippen LogP contribution in [-0.4, -0.2) is 20.1 Å². The Morgan fingerprint density at radius 3 is 2.79 bits per heavy atom. The van der Waals surface area contributed by atoms with Crippen molar-refractivity contribution in [1.82, 2.24) is 0 Å². The summed E-state index contributed by atoms with van der Waals surface area (Å²) in [6, 6.07) is 5.21. The van der Waals surface area contributed by atoms with Gasteiger partial charge >= 0.3 is 0 Å². The lowest BCUT2D eigenvalue weighted by Crippen LogP contribution is -1.98. The van der Waals surface area contributed by atoms with Crippen LogP contribution in [0.5, 0.6) is 11.5 Å². The van der Waals surface area contributed by atoms with Gasteiger partial charge in [-0.25, -0.2) is 0 Å². The second kappa shape index (κ2) is 5.11. The third-order valence-corrected chi connectivity index (χ3v) is 1.69. The van der Waals surface area contributed by atoms with E-state index in [0.29, 0.717) is 30.2 Å². The molecule has 0 aliphatic rings. The van der Waals surface area contributed by atoms with E-state index in [4.69, 9.17) is 9.47 Å². The van der Waals surface area contributed by atoms with Crippen molar-refractivity contribution in [3.63, 3.8) is 0 Å². The summed E-state index contributed by atoms with van der Waals surface area (Å²) in [5.41, 5.74) is 0.684. The van der Waals surface area contributed by atoms with Crippen LogP contribution >= 0.6 is 0 Å². The molecule has 0 saturated heterocycles. The molecule has 0 spiro atoms. The zero-order valence-electron chi connectivity index (χ0n) is 8.24. The largest absolute Gasteiger partial charge is 0.493 e. The minimum Gasteiger partial charge on any atom is -0.493 e. The van der Waals surface area contributed by atoms with E-state index in [-0.39, 0.29) is 0 Å². The zero-order valence-corrected chi connectivity index (χ0v) is 8.24. The van der Waals surface area contributed by atoms with Crippen molar-refractivity contribution in [2.75, 3.05) is 19.0 Å². The van der Waals surface area contributed by atoms with Crippen molar-refractivity contribution in [1.29, 1.82) is 0 Å². The molecule has 1 N–H and O–H groups in total. The smallest absolute Gasteiger partial charge is 0.211 e. The lowest BCUT2D eigenvalue weighted by atomic mass is 10.3. The maximum atomic E-state index is 10.2. The second-order valence-corrected chi connectivity index (χ2v) is 2.56. The molecule has 0 aliphatic carbocycles. The van der Waals surface area contributed by atoms with E-state index in [1.54, 1.807) is 25.3 Å². The molecular formula is C10H13NO3. The van der Waals surface area contributed by atoms with E-state index in [0.717, 1.165) is 0 Å². The highest BCUT2D eigenvalue weighted by atomic mass is 16.5. The summed E-state index contributed by atoms with van der Waals surface area (Å²) in [6.07, 6.45) is 0.623. The lowest BCUT2D eigenvalue weighted by Gasteiger charge is -2.10. The maximum Gasteiger partial charge on any atom is 0.211 e. The SMILES string of the molecule is CCOc1cc(NC=O)ccc1OC. The van der Waals surface area contributed by atoms with E-state index in [1.807, 2.05) is 6.92 Å². The number of hydrogen-bond donors (Lipinski definition) is 1. The molecule has 0 unspecified atom stereocenters. The first-order valence-electron chi connectivity index (χ1n) is 4.32. The fraction of sp³-hybridized carbons (Fsp3) is 0.300. The zero-order chi connectivity index (χ0) is 10.4. The van der Waals surface area contributed by atoms with Gasteiger partial charge in [0.05, 0.1) is 13.7 Å². The Balaban J connectivity index is 2.94. The number of carbonyl (C=O) groups excluding carboxylic acids is 1. The van der Waals surface area contributed by atoms with Gasteiger partial charge in [-0.2, -0.15) is 0 Å². The van der Waals surface area contributed by atoms with Crippen LogP contribution < -0.4 is 14.8 Å². The van der Waals surface area contributed by atoms with Gasteiger partial charge in [0, 0.05) is 11.8 Å². The highest BCUT2D eigenvalue weighted by Crippen LogP contribution is 2.29. The molecule has 0 aromatic heterocycles. The van der Waals surface area contributed by atoms with Crippen molar-refractivity contribution in [3.8, 4) is 11.5 Å². The Morgan fingerprint density at radius 1 is 1.43 bits per heavy atom. The predicted molar refractivity (Wildman–Crippen MR) is 53.8 cm³/mol. The van der Waals surface area contributed by atoms with Gasteiger partial charge in [0.15, 0.2) is 11.5 Å². The summed E-state index contributed by atoms with van der Waals surface area (Å²) >= 11 is 0. The number of rotatable bonds is 5. The minimum absolute atomic E-state index is 0.556. The standard InChI is InChI=1S/C10H13NO3/c1-3-14-10-6-8(11-7-12)4-5-9(10)13-2/h4-7H,3H2,1-2H3,(H,11,12). The van der Waals surface area contributed by atoms with Crippen LogP contribution in [0.1, 0.15) is 6.92 Å². The van der Waals surface area contributed by atoms with Crippen molar-refractivity contribution in [2.45, 2.75) is 6.92 Å². The van der Waals surface area contributed by atoms with Crippen molar-refractivity contribution >= 4 is 12.1 Å². The molecule has 0 atom stereocenters. The molecule has 0 radical (unpaired) electrons. The molecule has 0 bridgehead atoms. The van der Waals surface area contributed by atoms with Crippen LogP contribution in [0.15, 0.2) is 18.2 Å². The molecular weight excluding hydrogens is 182 g/mol. The third kappa shape index (κ3) is 2.39. The van der Waals surface area contributed by atoms with Crippen molar-refractivity contribution in [2.24, 2.45) is 0 Å². The van der Waals surface area contributed by atoms with E-state index in [2.05, 4.69) is 5.32 Å². The highest BCUT2D eigenvalue weighted by Gasteiger charge is 2.04. The van der Waals surface area contributed by atoms with E-state index >= 15 is 0 Å². The van der Waals surface area contributed by atoms with Gasteiger partial charge < -0.3 is 14.8 Å². The molecule has 76 valence electrons. The first kappa shape index (κ1) is 10.4. The van der Waals surface area contributed by atoms with Crippen LogP contribution in [0.25, 0.3) is 0 Å². The maximum absolute atomic E-state index is 10.2. The van der Waals surface area contributed by atoms with Crippen molar-refractivity contribution in [3.05, 3.63) is 18.2 Å². The van der Waals surface area contributed by atoms with Crippen LogP contribution in [0.3, 0.4) is 0 Å². The number of anilines is 1. The Labute approximate surface area is 82.8 Å². The molecule has 0 heterocycles. The fourth-order valence-corrected chi connectivity index (χ4v) is 1.10. The summed E-state index contributed by atoms with van der Waals surface area (Å²) in [5, 5.41) is 2.54. The number of carbonyl (C=O) groups is 1. The topological polar surface area (TPSA) is 47.6 Å². The summed E-state index contributed by atoms with van der Waals surface area (Å²) in [6.45, 7) is 2.44. The average molecular weight is 195 g/mol. The van der Waals surface area contributed by atoms with Crippen LogP contribution in [0.2, 0.25) is 0 Å². The monoisotopic (exact) mass is 195 g/mol. The molecule has 4 heteroatoms. The summed E-state index contributed by atoms with van der Waals surface area (Å²) in [4.78, 5) is 10.2.